The summed E-state index contributed by atoms with van der Waals surface area (Å²) >= 11 is 0. The molecule has 0 bridgehead atoms. The number of terminal acetylenes is 1. The predicted molar refractivity (Wildman–Crippen MR) is 172 cm³/mol. The fraction of sp³-hybridized carbons (Fsp3) is 0.474. The third-order valence-electron chi connectivity index (χ3n) is 9.31. The Bertz CT molecular complexity index is 1230. The molecule has 3 rings (SSSR count). The molecule has 1 aromatic rings. The van der Waals surface area contributed by atoms with Gasteiger partial charge in [0, 0.05) is 29.6 Å². The SMILES string of the molecule is C#Cc1ccc(C2(F)CCN(C(=C)C(/C=C\C(=C)C3CCC3)=C/CC(=C)C(C)(C)/C(CC)=C(\C)CCC)C2)cc1. The molecule has 2 fully saturated rings. The normalized spacial score (nSPS) is 20.7. The van der Waals surface area contributed by atoms with Crippen molar-refractivity contribution in [2.45, 2.75) is 91.7 Å². The van der Waals surface area contributed by atoms with Crippen molar-refractivity contribution in [1.82, 2.24) is 4.90 Å². The molecule has 0 aromatic heterocycles. The molecule has 0 radical (unpaired) electrons. The third kappa shape index (κ3) is 7.17. The Morgan fingerprint density at radius 3 is 2.38 bits per heavy atom. The minimum Gasteiger partial charge on any atom is -0.368 e. The number of benzene rings is 1. The number of hydrogen-bond acceptors (Lipinski definition) is 1. The molecule has 40 heavy (non-hydrogen) atoms. The van der Waals surface area contributed by atoms with Gasteiger partial charge in [-0.15, -0.1) is 6.42 Å². The van der Waals surface area contributed by atoms with Crippen molar-refractivity contribution in [3.05, 3.63) is 107 Å². The Morgan fingerprint density at radius 2 is 1.82 bits per heavy atom. The summed E-state index contributed by atoms with van der Waals surface area (Å²) < 4.78 is 16.2. The highest BCUT2D eigenvalue weighted by Gasteiger charge is 2.40. The van der Waals surface area contributed by atoms with Gasteiger partial charge in [0.15, 0.2) is 5.67 Å². The van der Waals surface area contributed by atoms with Crippen LogP contribution in [0.2, 0.25) is 0 Å². The van der Waals surface area contributed by atoms with Gasteiger partial charge in [-0.05, 0) is 68.2 Å². The maximum atomic E-state index is 16.2. The second-order valence-corrected chi connectivity index (χ2v) is 12.3. The lowest BCUT2D eigenvalue weighted by atomic mass is 9.73. The second-order valence-electron chi connectivity index (χ2n) is 12.3. The van der Waals surface area contributed by atoms with Crippen LogP contribution in [0.3, 0.4) is 0 Å². The third-order valence-corrected chi connectivity index (χ3v) is 9.31. The molecule has 1 aromatic carbocycles. The molecule has 0 amide bonds. The van der Waals surface area contributed by atoms with Crippen LogP contribution in [0, 0.1) is 23.7 Å². The topological polar surface area (TPSA) is 3.24 Å². The quantitative estimate of drug-likeness (QED) is 0.137. The predicted octanol–water partition coefficient (Wildman–Crippen LogP) is 10.4. The van der Waals surface area contributed by atoms with Crippen LogP contribution in [0.25, 0.3) is 0 Å². The summed E-state index contributed by atoms with van der Waals surface area (Å²) in [4.78, 5) is 2.09. The zero-order valence-corrected chi connectivity index (χ0v) is 25.7. The van der Waals surface area contributed by atoms with Gasteiger partial charge in [0.25, 0.3) is 0 Å². The standard InChI is InChI=1S/C38H50FN/c1-10-14-29(5)36(12-3)37(8,9)30(6)18-22-34(21-17-28(4)33-15-13-16-33)31(7)40-26-25-38(39,27-40)35-23-19-32(11-2)20-24-35/h2,17,19-24,33H,4,6-7,10,12-16,18,25-27H2,1,3,5,8-9H3/b21-17-,34-22+,36-29+. The molecular formula is C38H50FN. The van der Waals surface area contributed by atoms with Crippen molar-refractivity contribution in [3.8, 4) is 12.3 Å². The Morgan fingerprint density at radius 1 is 1.15 bits per heavy atom. The van der Waals surface area contributed by atoms with E-state index in [2.05, 4.69) is 83.4 Å². The number of halogens is 1. The highest BCUT2D eigenvalue weighted by Crippen LogP contribution is 2.42. The van der Waals surface area contributed by atoms with Crippen LogP contribution in [0.5, 0.6) is 0 Å². The number of likely N-dealkylation sites (tertiary alicyclic amines) is 1. The van der Waals surface area contributed by atoms with E-state index in [0.29, 0.717) is 24.4 Å². The van der Waals surface area contributed by atoms with Gasteiger partial charge in [-0.2, -0.15) is 0 Å². The lowest BCUT2D eigenvalue weighted by molar-refractivity contribution is 0.177. The molecule has 0 N–H and O–H groups in total. The fourth-order valence-corrected chi connectivity index (χ4v) is 6.19. The summed E-state index contributed by atoms with van der Waals surface area (Å²) in [5.41, 5.74) is 7.13. The largest absolute Gasteiger partial charge is 0.368 e. The number of alkyl halides is 1. The average Bonchev–Trinajstić information content (AvgIpc) is 3.30. The summed E-state index contributed by atoms with van der Waals surface area (Å²) in [7, 11) is 0. The highest BCUT2D eigenvalue weighted by atomic mass is 19.1. The molecule has 1 heterocycles. The molecular weight excluding hydrogens is 489 g/mol. The minimum atomic E-state index is -1.43. The minimum absolute atomic E-state index is 0.0948. The lowest BCUT2D eigenvalue weighted by Gasteiger charge is -2.32. The maximum Gasteiger partial charge on any atom is 0.155 e. The van der Waals surface area contributed by atoms with Crippen molar-refractivity contribution < 1.29 is 4.39 Å². The molecule has 1 saturated carbocycles. The van der Waals surface area contributed by atoms with Crippen molar-refractivity contribution >= 4 is 0 Å². The lowest BCUT2D eigenvalue weighted by Crippen LogP contribution is -2.27. The van der Waals surface area contributed by atoms with Crippen LogP contribution in [0.15, 0.2) is 95.8 Å². The molecule has 0 spiro atoms. The monoisotopic (exact) mass is 539 g/mol. The summed E-state index contributed by atoms with van der Waals surface area (Å²) in [6, 6.07) is 7.30. The van der Waals surface area contributed by atoms with Crippen LogP contribution < -0.4 is 0 Å². The summed E-state index contributed by atoms with van der Waals surface area (Å²) in [6.07, 6.45) is 20.2. The van der Waals surface area contributed by atoms with E-state index in [1.165, 1.54) is 41.6 Å². The van der Waals surface area contributed by atoms with E-state index in [4.69, 9.17) is 6.42 Å². The number of nitrogens with zero attached hydrogens (tertiary/aromatic N) is 1. The van der Waals surface area contributed by atoms with Crippen LogP contribution in [-0.4, -0.2) is 18.0 Å². The van der Waals surface area contributed by atoms with E-state index in [1.54, 1.807) is 0 Å². The van der Waals surface area contributed by atoms with Gasteiger partial charge in [0.05, 0.1) is 6.54 Å². The molecule has 2 heteroatoms. The molecule has 1 saturated heterocycles. The van der Waals surface area contributed by atoms with Crippen LogP contribution in [0.1, 0.15) is 97.1 Å². The average molecular weight is 540 g/mol. The first-order chi connectivity index (χ1) is 19.0. The first-order valence-corrected chi connectivity index (χ1v) is 15.1. The Balaban J connectivity index is 1.84. The summed E-state index contributed by atoms with van der Waals surface area (Å²) in [5, 5.41) is 0. The Kier molecular flexibility index (Phi) is 10.7. The van der Waals surface area contributed by atoms with E-state index < -0.39 is 5.67 Å². The number of hydrogen-bond donors (Lipinski definition) is 0. The molecule has 1 atom stereocenters. The van der Waals surface area contributed by atoms with Gasteiger partial charge in [0.1, 0.15) is 0 Å². The summed E-state index contributed by atoms with van der Waals surface area (Å²) in [5.74, 6) is 3.19. The van der Waals surface area contributed by atoms with Gasteiger partial charge >= 0.3 is 0 Å². The first-order valence-electron chi connectivity index (χ1n) is 15.1. The van der Waals surface area contributed by atoms with Gasteiger partial charge in [-0.3, -0.25) is 0 Å². The zero-order chi connectivity index (χ0) is 29.5. The van der Waals surface area contributed by atoms with Crippen LogP contribution in [0.4, 0.5) is 4.39 Å². The first kappa shape index (κ1) is 31.5. The Hall–Kier alpha value is -3.05. The molecule has 1 aliphatic carbocycles. The maximum absolute atomic E-state index is 16.2. The molecule has 1 aliphatic heterocycles. The van der Waals surface area contributed by atoms with Crippen molar-refractivity contribution in [2.75, 3.05) is 13.1 Å². The molecule has 1 unspecified atom stereocenters. The Labute approximate surface area is 244 Å². The zero-order valence-electron chi connectivity index (χ0n) is 25.7. The van der Waals surface area contributed by atoms with Crippen LogP contribution >= 0.6 is 0 Å². The molecule has 1 nitrogen and oxygen atoms in total. The fourth-order valence-electron chi connectivity index (χ4n) is 6.19. The van der Waals surface area contributed by atoms with Crippen molar-refractivity contribution in [1.29, 1.82) is 0 Å². The smallest absolute Gasteiger partial charge is 0.155 e. The number of allylic oxidation sites excluding steroid dienone is 7. The van der Waals surface area contributed by atoms with Gasteiger partial charge in [-0.1, -0.05) is 119 Å². The van der Waals surface area contributed by atoms with E-state index >= 15 is 4.39 Å². The van der Waals surface area contributed by atoms with E-state index in [9.17, 15) is 0 Å². The van der Waals surface area contributed by atoms with Gasteiger partial charge < -0.3 is 4.90 Å². The molecule has 2 aliphatic rings. The number of rotatable bonds is 13. The van der Waals surface area contributed by atoms with Gasteiger partial charge in [-0.25, -0.2) is 4.39 Å². The van der Waals surface area contributed by atoms with E-state index in [1.807, 2.05) is 24.3 Å². The molecule has 214 valence electrons. The van der Waals surface area contributed by atoms with Gasteiger partial charge in [0.2, 0.25) is 0 Å². The van der Waals surface area contributed by atoms with E-state index in [0.717, 1.165) is 42.5 Å². The second kappa shape index (κ2) is 13.5. The van der Waals surface area contributed by atoms with Crippen LogP contribution in [-0.2, 0) is 5.67 Å². The highest BCUT2D eigenvalue weighted by molar-refractivity contribution is 5.43. The van der Waals surface area contributed by atoms with Crippen molar-refractivity contribution in [2.24, 2.45) is 11.3 Å². The van der Waals surface area contributed by atoms with Crippen molar-refractivity contribution in [3.63, 3.8) is 0 Å². The van der Waals surface area contributed by atoms with E-state index in [-0.39, 0.29) is 12.0 Å². The summed E-state index contributed by atoms with van der Waals surface area (Å²) in [6.45, 7) is 25.6.